The van der Waals surface area contributed by atoms with Crippen molar-refractivity contribution in [2.45, 2.75) is 102 Å². The van der Waals surface area contributed by atoms with E-state index in [2.05, 4.69) is 83.1 Å². The highest BCUT2D eigenvalue weighted by Crippen LogP contribution is 2.55. The van der Waals surface area contributed by atoms with Crippen molar-refractivity contribution in [3.8, 4) is 11.1 Å². The molecule has 2 amide bonds. The molecule has 2 saturated heterocycles. The van der Waals surface area contributed by atoms with Gasteiger partial charge in [0.1, 0.15) is 0 Å². The van der Waals surface area contributed by atoms with Gasteiger partial charge in [-0.2, -0.15) is 0 Å². The molecule has 4 saturated carbocycles. The SMILES string of the molecule is C[C@@H]1[C@H](CN2CCC[C@H]2CO)O[C@H](c2cccc(-c3cccc(CNC(=O)NC45CC6CC(CC(C6)C4)C5)c3)c2)O[C@@H]1c1ccc(CO)cc1. The van der Waals surface area contributed by atoms with Crippen LogP contribution in [0.1, 0.15) is 92.9 Å². The largest absolute Gasteiger partial charge is 0.395 e. The Balaban J connectivity index is 0.971. The second-order valence-electron chi connectivity index (χ2n) is 16.1. The fourth-order valence-corrected chi connectivity index (χ4v) is 10.4. The molecule has 2 heterocycles. The maximum atomic E-state index is 13.2. The first-order valence-corrected chi connectivity index (χ1v) is 19.0. The van der Waals surface area contributed by atoms with Crippen LogP contribution in [0.5, 0.6) is 0 Å². The van der Waals surface area contributed by atoms with Gasteiger partial charge in [-0.25, -0.2) is 4.79 Å². The first kappa shape index (κ1) is 33.9. The highest BCUT2D eigenvalue weighted by Gasteiger charge is 2.51. The van der Waals surface area contributed by atoms with Gasteiger partial charge < -0.3 is 30.3 Å². The molecule has 0 unspecified atom stereocenters. The lowest BCUT2D eigenvalue weighted by molar-refractivity contribution is -0.276. The Morgan fingerprint density at radius 3 is 2.26 bits per heavy atom. The zero-order valence-electron chi connectivity index (χ0n) is 29.3. The zero-order valence-corrected chi connectivity index (χ0v) is 29.3. The van der Waals surface area contributed by atoms with E-state index < -0.39 is 6.29 Å². The van der Waals surface area contributed by atoms with E-state index in [1.54, 1.807) is 0 Å². The highest BCUT2D eigenvalue weighted by molar-refractivity contribution is 5.75. The van der Waals surface area contributed by atoms with Gasteiger partial charge in [0.25, 0.3) is 0 Å². The summed E-state index contributed by atoms with van der Waals surface area (Å²) in [6.07, 6.45) is 8.76. The van der Waals surface area contributed by atoms with E-state index in [4.69, 9.17) is 9.47 Å². The van der Waals surface area contributed by atoms with Crippen LogP contribution < -0.4 is 10.6 Å². The number of urea groups is 1. The molecule has 0 aromatic heterocycles. The molecule has 0 radical (unpaired) electrons. The number of ether oxygens (including phenoxy) is 2. The van der Waals surface area contributed by atoms with Crippen LogP contribution in [0.2, 0.25) is 0 Å². The maximum Gasteiger partial charge on any atom is 0.315 e. The van der Waals surface area contributed by atoms with Crippen molar-refractivity contribution in [3.05, 3.63) is 95.1 Å². The number of benzene rings is 3. The van der Waals surface area contributed by atoms with E-state index in [0.717, 1.165) is 96.3 Å². The van der Waals surface area contributed by atoms with E-state index in [-0.39, 0.29) is 49.0 Å². The van der Waals surface area contributed by atoms with Crippen molar-refractivity contribution in [3.63, 3.8) is 0 Å². The number of hydrogen-bond donors (Lipinski definition) is 4. The lowest BCUT2D eigenvalue weighted by Gasteiger charge is -2.56. The monoisotopic (exact) mass is 679 g/mol. The van der Waals surface area contributed by atoms with Crippen LogP contribution in [-0.4, -0.2) is 58.5 Å². The summed E-state index contributed by atoms with van der Waals surface area (Å²) < 4.78 is 13.5. The van der Waals surface area contributed by atoms with Crippen molar-refractivity contribution >= 4 is 6.03 Å². The third kappa shape index (κ3) is 7.10. The van der Waals surface area contributed by atoms with E-state index in [1.165, 1.54) is 19.3 Å². The Morgan fingerprint density at radius 1 is 0.860 bits per heavy atom. The van der Waals surface area contributed by atoms with Crippen LogP contribution in [0.15, 0.2) is 72.8 Å². The number of aliphatic hydroxyl groups excluding tert-OH is 2. The summed E-state index contributed by atoms with van der Waals surface area (Å²) in [6, 6.07) is 24.9. The zero-order chi connectivity index (χ0) is 34.2. The van der Waals surface area contributed by atoms with Gasteiger partial charge in [0.15, 0.2) is 6.29 Å². The van der Waals surface area contributed by atoms with E-state index >= 15 is 0 Å². The summed E-state index contributed by atoms with van der Waals surface area (Å²) in [7, 11) is 0. The second-order valence-corrected chi connectivity index (χ2v) is 16.1. The molecule has 5 atom stereocenters. The summed E-state index contributed by atoms with van der Waals surface area (Å²) in [5.41, 5.74) is 6.09. The standard InChI is InChI=1S/C42H53N3O5/c1-27-38(24-45-14-4-9-37(45)26-47)49-40(50-39(27)33-12-10-28(25-46)11-13-33)36-8-3-7-35(19-36)34-6-2-5-29(18-34)23-43-41(48)44-42-20-30-15-31(21-42)17-32(16-30)22-42/h2-3,5-8,10-13,18-19,27,30-32,37-40,46-47H,4,9,14-17,20-26H2,1H3,(H2,43,44,48)/t27-,30?,31?,32?,37+,38+,39+,40+,42?/m1/s1. The molecule has 2 aliphatic heterocycles. The molecule has 6 fully saturated rings. The molecular weight excluding hydrogens is 626 g/mol. The van der Waals surface area contributed by atoms with Crippen molar-refractivity contribution in [1.29, 1.82) is 0 Å². The van der Waals surface area contributed by atoms with Gasteiger partial charge in [0.2, 0.25) is 0 Å². The molecule has 50 heavy (non-hydrogen) atoms. The maximum absolute atomic E-state index is 13.2. The van der Waals surface area contributed by atoms with Gasteiger partial charge in [0, 0.05) is 36.2 Å². The minimum Gasteiger partial charge on any atom is -0.395 e. The number of aliphatic hydroxyl groups is 2. The highest BCUT2D eigenvalue weighted by atomic mass is 16.7. The summed E-state index contributed by atoms with van der Waals surface area (Å²) in [5.74, 6) is 2.46. The van der Waals surface area contributed by atoms with Crippen molar-refractivity contribution in [2.75, 3.05) is 19.7 Å². The number of carbonyl (C=O) groups is 1. The molecule has 0 spiro atoms. The summed E-state index contributed by atoms with van der Waals surface area (Å²) in [6.45, 7) is 4.53. The van der Waals surface area contributed by atoms with E-state index in [0.29, 0.717) is 6.54 Å². The number of amides is 2. The van der Waals surface area contributed by atoms with Gasteiger partial charge in [0.05, 0.1) is 25.4 Å². The third-order valence-electron chi connectivity index (χ3n) is 12.5. The average molecular weight is 680 g/mol. The van der Waals surface area contributed by atoms with Crippen LogP contribution in [0.4, 0.5) is 4.79 Å². The summed E-state index contributed by atoms with van der Waals surface area (Å²) in [5, 5.41) is 26.2. The Morgan fingerprint density at radius 2 is 1.56 bits per heavy atom. The molecule has 266 valence electrons. The second kappa shape index (κ2) is 14.4. The van der Waals surface area contributed by atoms with E-state index in [1.807, 2.05) is 12.1 Å². The Bertz CT molecular complexity index is 1610. The van der Waals surface area contributed by atoms with Gasteiger partial charge in [-0.15, -0.1) is 0 Å². The molecule has 9 rings (SSSR count). The van der Waals surface area contributed by atoms with Crippen LogP contribution in [0.25, 0.3) is 11.1 Å². The molecule has 3 aromatic rings. The Hall–Kier alpha value is -3.27. The first-order chi connectivity index (χ1) is 24.4. The lowest BCUT2D eigenvalue weighted by atomic mass is 9.53. The third-order valence-corrected chi connectivity index (χ3v) is 12.5. The van der Waals surface area contributed by atoms with E-state index in [9.17, 15) is 15.0 Å². The molecule has 4 aliphatic carbocycles. The van der Waals surface area contributed by atoms with Gasteiger partial charge >= 0.3 is 6.03 Å². The first-order valence-electron chi connectivity index (χ1n) is 19.0. The van der Waals surface area contributed by atoms with Crippen LogP contribution >= 0.6 is 0 Å². The number of rotatable bonds is 10. The summed E-state index contributed by atoms with van der Waals surface area (Å²) in [4.78, 5) is 15.5. The predicted octanol–water partition coefficient (Wildman–Crippen LogP) is 6.86. The molecule has 4 bridgehead atoms. The fourth-order valence-electron chi connectivity index (χ4n) is 10.4. The summed E-state index contributed by atoms with van der Waals surface area (Å²) >= 11 is 0. The average Bonchev–Trinajstić information content (AvgIpc) is 3.58. The molecule has 4 N–H and O–H groups in total. The van der Waals surface area contributed by atoms with Gasteiger partial charge in [-0.05, 0) is 116 Å². The van der Waals surface area contributed by atoms with Crippen LogP contribution in [0, 0.1) is 23.7 Å². The topological polar surface area (TPSA) is 103 Å². The Labute approximate surface area is 296 Å². The van der Waals surface area contributed by atoms with Crippen LogP contribution in [0.3, 0.4) is 0 Å². The van der Waals surface area contributed by atoms with Crippen LogP contribution in [-0.2, 0) is 22.6 Å². The molecular formula is C42H53N3O5. The minimum atomic E-state index is -0.563. The molecule has 8 heteroatoms. The molecule has 3 aromatic carbocycles. The lowest BCUT2D eigenvalue weighted by Crippen LogP contribution is -2.61. The normalized spacial score (nSPS) is 33.4. The smallest absolute Gasteiger partial charge is 0.315 e. The quantitative estimate of drug-likeness (QED) is 0.187. The minimum absolute atomic E-state index is 0.00190. The number of nitrogens with zero attached hydrogens (tertiary/aromatic N) is 1. The predicted molar refractivity (Wildman–Crippen MR) is 193 cm³/mol. The van der Waals surface area contributed by atoms with Crippen molar-refractivity contribution in [1.82, 2.24) is 15.5 Å². The number of nitrogens with one attached hydrogen (secondary N) is 2. The number of hydrogen-bond acceptors (Lipinski definition) is 6. The number of carbonyl (C=O) groups excluding carboxylic acids is 1. The van der Waals surface area contributed by atoms with Gasteiger partial charge in [-0.3, -0.25) is 4.90 Å². The van der Waals surface area contributed by atoms with Gasteiger partial charge in [-0.1, -0.05) is 67.6 Å². The molecule has 6 aliphatic rings. The van der Waals surface area contributed by atoms with Crippen molar-refractivity contribution in [2.24, 2.45) is 23.7 Å². The molecule has 8 nitrogen and oxygen atoms in total. The van der Waals surface area contributed by atoms with Crippen molar-refractivity contribution < 1.29 is 24.5 Å². The number of likely N-dealkylation sites (tertiary alicyclic amines) is 1. The fraction of sp³-hybridized carbons (Fsp3) is 0.548. The Kier molecular flexibility index (Phi) is 9.74.